The van der Waals surface area contributed by atoms with E-state index in [1.54, 1.807) is 11.3 Å². The monoisotopic (exact) mass is 230 g/mol. The van der Waals surface area contributed by atoms with Gasteiger partial charge in [-0.1, -0.05) is 22.7 Å². The third-order valence-electron chi connectivity index (χ3n) is 1.24. The average Bonchev–Trinajstić information content (AvgIpc) is 2.49. The van der Waals surface area contributed by atoms with Crippen LogP contribution in [0.1, 0.15) is 0 Å². The van der Waals surface area contributed by atoms with Gasteiger partial charge in [0.2, 0.25) is 0 Å². The first kappa shape index (κ1) is 10.5. The van der Waals surface area contributed by atoms with Crippen molar-refractivity contribution in [3.05, 3.63) is 29.8 Å². The fraction of sp³-hybridized carbons (Fsp3) is 0. The molecule has 0 saturated heterocycles. The molecule has 2 aromatic rings. The molecule has 1 aromatic heterocycles. The lowest BCUT2D eigenvalue weighted by molar-refractivity contribution is 0.552. The van der Waals surface area contributed by atoms with Gasteiger partial charge in [-0.2, -0.15) is 0 Å². The van der Waals surface area contributed by atoms with Crippen molar-refractivity contribution in [3.63, 3.8) is 0 Å². The van der Waals surface area contributed by atoms with Crippen molar-refractivity contribution in [3.8, 4) is 0 Å². The highest BCUT2D eigenvalue weighted by Crippen LogP contribution is 2.15. The average molecular weight is 230 g/mol. The lowest BCUT2D eigenvalue weighted by Crippen LogP contribution is -1.77. The van der Waals surface area contributed by atoms with E-state index < -0.39 is 10.5 Å². The van der Waals surface area contributed by atoms with Crippen molar-refractivity contribution in [2.24, 2.45) is 0 Å². The minimum absolute atomic E-state index is 0.265. The molecule has 6 heteroatoms. The van der Waals surface area contributed by atoms with Crippen molar-refractivity contribution < 1.29 is 8.76 Å². The van der Waals surface area contributed by atoms with Gasteiger partial charge in [0.1, 0.15) is 0 Å². The van der Waals surface area contributed by atoms with E-state index in [0.29, 0.717) is 0 Å². The first-order valence-electron chi connectivity index (χ1n) is 3.49. The lowest BCUT2D eigenvalue weighted by Gasteiger charge is -1.85. The van der Waals surface area contributed by atoms with E-state index in [1.165, 1.54) is 4.70 Å². The van der Waals surface area contributed by atoms with Crippen LogP contribution in [-0.2, 0) is 10.5 Å². The van der Waals surface area contributed by atoms with E-state index in [1.807, 2.05) is 23.7 Å². The molecule has 0 aliphatic rings. The molecule has 0 N–H and O–H groups in total. The standard InChI is InChI=1S/C7H5NS.H4O2SSi/c1-2-4-7-6(3-1)8-5-9-7;1-3(2)4/h1-5H;4H3,(H,1,2)/p-1. The van der Waals surface area contributed by atoms with Gasteiger partial charge in [0.25, 0.3) is 0 Å². The van der Waals surface area contributed by atoms with Crippen molar-refractivity contribution in [2.45, 2.75) is 0 Å². The summed E-state index contributed by atoms with van der Waals surface area (Å²) in [6, 6.07) is 8.13. The third kappa shape index (κ3) is 3.77. The van der Waals surface area contributed by atoms with Gasteiger partial charge in [-0.15, -0.1) is 11.3 Å². The summed E-state index contributed by atoms with van der Waals surface area (Å²) >= 11 is 1.68. The summed E-state index contributed by atoms with van der Waals surface area (Å²) in [6.07, 6.45) is 0. The van der Waals surface area contributed by atoms with Crippen LogP contribution in [0.2, 0.25) is 0 Å². The summed E-state index contributed by atoms with van der Waals surface area (Å²) in [5, 5.41) is 0. The van der Waals surface area contributed by atoms with E-state index in [2.05, 4.69) is 11.1 Å². The second kappa shape index (κ2) is 5.23. The van der Waals surface area contributed by atoms with E-state index in [9.17, 15) is 0 Å². The van der Waals surface area contributed by atoms with Crippen molar-refractivity contribution in [1.29, 1.82) is 0 Å². The Balaban J connectivity index is 0.000000184. The summed E-state index contributed by atoms with van der Waals surface area (Å²) in [7, 11) is -1.46. The zero-order chi connectivity index (χ0) is 9.68. The SMILES string of the molecule is O=S([O-])[SiH3].c1ccc2scnc2c1. The Bertz CT molecular complexity index is 370. The molecule has 1 unspecified atom stereocenters. The van der Waals surface area contributed by atoms with Crippen LogP contribution in [0.5, 0.6) is 0 Å². The molecule has 2 rings (SSSR count). The summed E-state index contributed by atoms with van der Waals surface area (Å²) in [4.78, 5) is 4.14. The Kier molecular flexibility index (Phi) is 4.23. The number of benzene rings is 1. The molecule has 0 aliphatic heterocycles. The van der Waals surface area contributed by atoms with Crippen molar-refractivity contribution in [2.75, 3.05) is 0 Å². The number of nitrogens with zero attached hydrogens (tertiary/aromatic N) is 1. The smallest absolute Gasteiger partial charge is 0.0928 e. The first-order valence-corrected chi connectivity index (χ1v) is 8.30. The number of hydrogen-bond acceptors (Lipinski definition) is 4. The molecule has 0 amide bonds. The fourth-order valence-corrected chi connectivity index (χ4v) is 1.48. The predicted octanol–water partition coefficient (Wildman–Crippen LogP) is 0.442. The Labute approximate surface area is 85.2 Å². The van der Waals surface area contributed by atoms with Gasteiger partial charge in [0.05, 0.1) is 25.1 Å². The van der Waals surface area contributed by atoms with E-state index in [0.717, 1.165) is 5.52 Å². The second-order valence-electron chi connectivity index (χ2n) is 2.22. The molecule has 1 heterocycles. The number of rotatable bonds is 0. The highest BCUT2D eigenvalue weighted by Gasteiger charge is 1.89. The molecule has 1 aromatic carbocycles. The second-order valence-corrected chi connectivity index (χ2v) is 5.91. The number of aromatic nitrogens is 1. The van der Waals surface area contributed by atoms with Gasteiger partial charge < -0.3 is 4.55 Å². The lowest BCUT2D eigenvalue weighted by atomic mass is 10.3. The first-order chi connectivity index (χ1) is 6.20. The summed E-state index contributed by atoms with van der Waals surface area (Å²) in [5.74, 6) is 0. The molecule has 3 nitrogen and oxygen atoms in total. The van der Waals surface area contributed by atoms with E-state index >= 15 is 0 Å². The molecule has 0 aliphatic carbocycles. The fourth-order valence-electron chi connectivity index (χ4n) is 0.803. The van der Waals surface area contributed by atoms with Crippen LogP contribution < -0.4 is 0 Å². The quantitative estimate of drug-likeness (QED) is 0.487. The van der Waals surface area contributed by atoms with Crippen LogP contribution in [-0.4, -0.2) is 23.1 Å². The Morgan fingerprint density at radius 1 is 1.46 bits per heavy atom. The van der Waals surface area contributed by atoms with Gasteiger partial charge in [0, 0.05) is 0 Å². The highest BCUT2D eigenvalue weighted by molar-refractivity contribution is 8.01. The largest absolute Gasteiger partial charge is 0.778 e. The maximum Gasteiger partial charge on any atom is 0.0928 e. The van der Waals surface area contributed by atoms with Crippen LogP contribution in [0.15, 0.2) is 29.8 Å². The van der Waals surface area contributed by atoms with Gasteiger partial charge in [-0.25, -0.2) is 4.98 Å². The minimum Gasteiger partial charge on any atom is -0.778 e. The summed E-state index contributed by atoms with van der Waals surface area (Å²) < 4.78 is 19.4. The number of fused-ring (bicyclic) bond motifs is 1. The number of para-hydroxylation sites is 1. The van der Waals surface area contributed by atoms with Gasteiger partial charge in [-0.05, 0) is 12.1 Å². The Morgan fingerprint density at radius 2 is 2.08 bits per heavy atom. The molecule has 0 bridgehead atoms. The van der Waals surface area contributed by atoms with Gasteiger partial charge in [-0.3, -0.25) is 4.21 Å². The number of hydrogen-bond donors (Lipinski definition) is 0. The topological polar surface area (TPSA) is 53.0 Å². The van der Waals surface area contributed by atoms with Crippen LogP contribution in [0, 0.1) is 0 Å². The van der Waals surface area contributed by atoms with Crippen LogP contribution in [0.3, 0.4) is 0 Å². The molecule has 0 saturated carbocycles. The van der Waals surface area contributed by atoms with Crippen molar-refractivity contribution in [1.82, 2.24) is 4.98 Å². The summed E-state index contributed by atoms with van der Waals surface area (Å²) in [5.41, 5.74) is 2.97. The molecule has 70 valence electrons. The van der Waals surface area contributed by atoms with Gasteiger partial charge >= 0.3 is 0 Å². The Morgan fingerprint density at radius 3 is 2.69 bits per heavy atom. The zero-order valence-corrected chi connectivity index (χ0v) is 10.6. The van der Waals surface area contributed by atoms with Gasteiger partial charge in [0.15, 0.2) is 0 Å². The number of thiazole rings is 1. The van der Waals surface area contributed by atoms with Crippen molar-refractivity contribution >= 4 is 41.5 Å². The predicted molar refractivity (Wildman–Crippen MR) is 58.5 cm³/mol. The third-order valence-corrected chi connectivity index (χ3v) is 2.05. The van der Waals surface area contributed by atoms with E-state index in [-0.39, 0.29) is 9.39 Å². The maximum absolute atomic E-state index is 9.06. The van der Waals surface area contributed by atoms with Crippen LogP contribution in [0.25, 0.3) is 10.2 Å². The molecule has 0 radical (unpaired) electrons. The molecular formula is C7H8NO2S2Si-. The molecule has 13 heavy (non-hydrogen) atoms. The summed E-state index contributed by atoms with van der Waals surface area (Å²) in [6.45, 7) is 0. The van der Waals surface area contributed by atoms with Crippen LogP contribution in [0.4, 0.5) is 0 Å². The maximum atomic E-state index is 9.06. The normalized spacial score (nSPS) is 12.1. The molecule has 1 atom stereocenters. The minimum atomic E-state index is -1.72. The van der Waals surface area contributed by atoms with E-state index in [4.69, 9.17) is 8.76 Å². The molecule has 0 fully saturated rings. The highest BCUT2D eigenvalue weighted by atomic mass is 32.4. The Hall–Kier alpha value is -0.563. The molecular weight excluding hydrogens is 222 g/mol. The zero-order valence-electron chi connectivity index (χ0n) is 6.97. The molecule has 0 spiro atoms. The van der Waals surface area contributed by atoms with Crippen LogP contribution >= 0.6 is 11.3 Å².